The second-order valence-electron chi connectivity index (χ2n) is 5.89. The highest BCUT2D eigenvalue weighted by atomic mass is 35.5. The van der Waals surface area contributed by atoms with Crippen molar-refractivity contribution in [3.05, 3.63) is 29.6 Å². The molecular formula is C16H22ClFN2O2. The SMILES string of the molecule is COc1ccc(C(=O)N2CC[C@@H]3CNC[C@@H]3CC2)c(F)c1.Cl. The summed E-state index contributed by atoms with van der Waals surface area (Å²) in [4.78, 5) is 14.3. The number of amides is 1. The van der Waals surface area contributed by atoms with Crippen molar-refractivity contribution in [3.8, 4) is 5.75 Å². The van der Waals surface area contributed by atoms with Crippen LogP contribution in [0, 0.1) is 17.7 Å². The number of methoxy groups -OCH3 is 1. The first-order valence-electron chi connectivity index (χ1n) is 7.52. The summed E-state index contributed by atoms with van der Waals surface area (Å²) < 4.78 is 19.0. The summed E-state index contributed by atoms with van der Waals surface area (Å²) in [5.41, 5.74) is 0.140. The molecule has 0 radical (unpaired) electrons. The van der Waals surface area contributed by atoms with Gasteiger partial charge in [0.05, 0.1) is 12.7 Å². The van der Waals surface area contributed by atoms with E-state index in [-0.39, 0.29) is 23.9 Å². The molecule has 4 nitrogen and oxygen atoms in total. The molecule has 2 aliphatic heterocycles. The van der Waals surface area contributed by atoms with E-state index in [1.54, 1.807) is 11.0 Å². The Morgan fingerprint density at radius 2 is 1.91 bits per heavy atom. The van der Waals surface area contributed by atoms with Gasteiger partial charge in [0, 0.05) is 19.2 Å². The fraction of sp³-hybridized carbons (Fsp3) is 0.562. The highest BCUT2D eigenvalue weighted by molar-refractivity contribution is 5.94. The van der Waals surface area contributed by atoms with Gasteiger partial charge in [0.2, 0.25) is 0 Å². The molecule has 2 fully saturated rings. The Balaban J connectivity index is 0.00000176. The Labute approximate surface area is 136 Å². The van der Waals surface area contributed by atoms with Crippen molar-refractivity contribution in [2.75, 3.05) is 33.3 Å². The number of hydrogen-bond acceptors (Lipinski definition) is 3. The van der Waals surface area contributed by atoms with Crippen LogP contribution in [0.2, 0.25) is 0 Å². The van der Waals surface area contributed by atoms with Crippen LogP contribution in [-0.2, 0) is 0 Å². The van der Waals surface area contributed by atoms with Gasteiger partial charge in [0.25, 0.3) is 5.91 Å². The quantitative estimate of drug-likeness (QED) is 0.906. The molecule has 0 aliphatic carbocycles. The monoisotopic (exact) mass is 328 g/mol. The molecule has 2 atom stereocenters. The van der Waals surface area contributed by atoms with Gasteiger partial charge in [-0.25, -0.2) is 4.39 Å². The van der Waals surface area contributed by atoms with E-state index < -0.39 is 5.82 Å². The highest BCUT2D eigenvalue weighted by Gasteiger charge is 2.32. The maximum absolute atomic E-state index is 14.0. The van der Waals surface area contributed by atoms with Gasteiger partial charge < -0.3 is 15.0 Å². The van der Waals surface area contributed by atoms with E-state index in [1.807, 2.05) is 0 Å². The molecule has 2 heterocycles. The first-order chi connectivity index (χ1) is 10.2. The second kappa shape index (κ2) is 7.29. The van der Waals surface area contributed by atoms with Crippen LogP contribution in [0.3, 0.4) is 0 Å². The van der Waals surface area contributed by atoms with E-state index in [0.717, 1.165) is 25.9 Å². The van der Waals surface area contributed by atoms with E-state index in [1.165, 1.54) is 19.2 Å². The zero-order valence-corrected chi connectivity index (χ0v) is 13.5. The van der Waals surface area contributed by atoms with Gasteiger partial charge in [-0.15, -0.1) is 12.4 Å². The minimum atomic E-state index is -0.509. The lowest BCUT2D eigenvalue weighted by atomic mass is 9.92. The molecule has 0 saturated carbocycles. The van der Waals surface area contributed by atoms with Crippen LogP contribution in [0.25, 0.3) is 0 Å². The molecule has 1 aromatic rings. The molecule has 1 N–H and O–H groups in total. The van der Waals surface area contributed by atoms with Gasteiger partial charge in [-0.3, -0.25) is 4.79 Å². The number of nitrogens with zero attached hydrogens (tertiary/aromatic N) is 1. The summed E-state index contributed by atoms with van der Waals surface area (Å²) in [7, 11) is 1.48. The predicted octanol–water partition coefficient (Wildman–Crippen LogP) is 2.33. The number of carbonyl (C=O) groups is 1. The van der Waals surface area contributed by atoms with Crippen molar-refractivity contribution in [1.29, 1.82) is 0 Å². The van der Waals surface area contributed by atoms with Crippen LogP contribution < -0.4 is 10.1 Å². The lowest BCUT2D eigenvalue weighted by Crippen LogP contribution is -2.33. The number of likely N-dealkylation sites (tertiary alicyclic amines) is 1. The van der Waals surface area contributed by atoms with Gasteiger partial charge in [-0.05, 0) is 49.9 Å². The fourth-order valence-electron chi connectivity index (χ4n) is 3.39. The van der Waals surface area contributed by atoms with Crippen molar-refractivity contribution in [2.24, 2.45) is 11.8 Å². The molecular weight excluding hydrogens is 307 g/mol. The molecule has 0 unspecified atom stereocenters. The molecule has 2 saturated heterocycles. The molecule has 0 spiro atoms. The number of halogens is 2. The van der Waals surface area contributed by atoms with Crippen molar-refractivity contribution in [2.45, 2.75) is 12.8 Å². The average Bonchev–Trinajstić information content (AvgIpc) is 2.85. The molecule has 1 amide bonds. The number of ether oxygens (including phenoxy) is 1. The minimum Gasteiger partial charge on any atom is -0.497 e. The summed E-state index contributed by atoms with van der Waals surface area (Å²) in [5, 5.41) is 3.41. The van der Waals surface area contributed by atoms with Crippen LogP contribution in [0.4, 0.5) is 4.39 Å². The maximum atomic E-state index is 14.0. The van der Waals surface area contributed by atoms with E-state index >= 15 is 0 Å². The van der Waals surface area contributed by atoms with Crippen molar-refractivity contribution < 1.29 is 13.9 Å². The lowest BCUT2D eigenvalue weighted by Gasteiger charge is -2.21. The summed E-state index contributed by atoms with van der Waals surface area (Å²) in [6, 6.07) is 4.42. The van der Waals surface area contributed by atoms with Crippen LogP contribution in [0.5, 0.6) is 5.75 Å². The number of fused-ring (bicyclic) bond motifs is 1. The second-order valence-corrected chi connectivity index (χ2v) is 5.89. The number of rotatable bonds is 2. The minimum absolute atomic E-state index is 0. The van der Waals surface area contributed by atoms with E-state index in [4.69, 9.17) is 4.74 Å². The number of carbonyl (C=O) groups excluding carboxylic acids is 1. The number of nitrogens with one attached hydrogen (secondary N) is 1. The summed E-state index contributed by atoms with van der Waals surface area (Å²) >= 11 is 0. The van der Waals surface area contributed by atoms with Crippen LogP contribution in [0.15, 0.2) is 18.2 Å². The van der Waals surface area contributed by atoms with E-state index in [2.05, 4.69) is 5.32 Å². The third kappa shape index (κ3) is 3.36. The third-order valence-electron chi connectivity index (χ3n) is 4.71. The predicted molar refractivity (Wildman–Crippen MR) is 85.2 cm³/mol. The Morgan fingerprint density at radius 3 is 2.45 bits per heavy atom. The Hall–Kier alpha value is -1.33. The van der Waals surface area contributed by atoms with Crippen molar-refractivity contribution in [3.63, 3.8) is 0 Å². The van der Waals surface area contributed by atoms with Crippen LogP contribution in [0.1, 0.15) is 23.2 Å². The fourth-order valence-corrected chi connectivity index (χ4v) is 3.39. The maximum Gasteiger partial charge on any atom is 0.256 e. The van der Waals surface area contributed by atoms with Crippen LogP contribution >= 0.6 is 12.4 Å². The van der Waals surface area contributed by atoms with Crippen LogP contribution in [-0.4, -0.2) is 44.1 Å². The third-order valence-corrected chi connectivity index (χ3v) is 4.71. The van der Waals surface area contributed by atoms with Crippen molar-refractivity contribution >= 4 is 18.3 Å². The number of benzene rings is 1. The summed E-state index contributed by atoms with van der Waals surface area (Å²) in [6.45, 7) is 3.52. The molecule has 1 aromatic carbocycles. The average molecular weight is 329 g/mol. The van der Waals surface area contributed by atoms with Gasteiger partial charge in [0.15, 0.2) is 0 Å². The summed E-state index contributed by atoms with van der Waals surface area (Å²) in [6.07, 6.45) is 2.00. The summed E-state index contributed by atoms with van der Waals surface area (Å²) in [5.74, 6) is 1.03. The molecule has 0 bridgehead atoms. The number of hydrogen-bond donors (Lipinski definition) is 1. The zero-order valence-electron chi connectivity index (χ0n) is 12.7. The first kappa shape index (κ1) is 17.0. The molecule has 0 aromatic heterocycles. The van der Waals surface area contributed by atoms with Crippen molar-refractivity contribution in [1.82, 2.24) is 10.2 Å². The van der Waals surface area contributed by atoms with Gasteiger partial charge >= 0.3 is 0 Å². The molecule has 22 heavy (non-hydrogen) atoms. The van der Waals surface area contributed by atoms with Gasteiger partial charge in [-0.1, -0.05) is 0 Å². The smallest absolute Gasteiger partial charge is 0.256 e. The first-order valence-corrected chi connectivity index (χ1v) is 7.52. The largest absolute Gasteiger partial charge is 0.497 e. The Bertz CT molecular complexity index is 527. The zero-order chi connectivity index (χ0) is 14.8. The molecule has 2 aliphatic rings. The Morgan fingerprint density at radius 1 is 1.27 bits per heavy atom. The topological polar surface area (TPSA) is 41.6 Å². The van der Waals surface area contributed by atoms with E-state index in [0.29, 0.717) is 30.7 Å². The van der Waals surface area contributed by atoms with Gasteiger partial charge in [0.1, 0.15) is 11.6 Å². The molecule has 122 valence electrons. The molecule has 6 heteroatoms. The van der Waals surface area contributed by atoms with E-state index in [9.17, 15) is 9.18 Å². The Kier molecular flexibility index (Phi) is 5.64. The highest BCUT2D eigenvalue weighted by Crippen LogP contribution is 2.28. The normalized spacial score (nSPS) is 24.2. The standard InChI is InChI=1S/C16H21FN2O2.ClH/c1-21-13-2-3-14(15(17)8-13)16(20)19-6-4-11-9-18-10-12(11)5-7-19;/h2-3,8,11-12,18H,4-7,9-10H2,1H3;1H/t11-,12+;. The van der Waals surface area contributed by atoms with Gasteiger partial charge in [-0.2, -0.15) is 0 Å². The molecule has 3 rings (SSSR count). The lowest BCUT2D eigenvalue weighted by molar-refractivity contribution is 0.0754.